The zero-order chi connectivity index (χ0) is 23.4. The molecule has 0 unspecified atom stereocenters. The summed E-state index contributed by atoms with van der Waals surface area (Å²) in [4.78, 5) is 34.0. The molecule has 2 N–H and O–H groups in total. The van der Waals surface area contributed by atoms with Crippen molar-refractivity contribution in [1.82, 2.24) is 19.2 Å². The summed E-state index contributed by atoms with van der Waals surface area (Å²) in [6.07, 6.45) is 1.16. The molecule has 33 heavy (non-hydrogen) atoms. The van der Waals surface area contributed by atoms with E-state index in [2.05, 4.69) is 20.2 Å². The number of hydrogen-bond donors (Lipinski definition) is 2. The number of aromatic nitrogens is 2. The lowest BCUT2D eigenvalue weighted by atomic mass is 10.2. The van der Waals surface area contributed by atoms with Gasteiger partial charge in [0, 0.05) is 44.7 Å². The molecule has 1 aromatic heterocycles. The summed E-state index contributed by atoms with van der Waals surface area (Å²) < 4.78 is 27.4. The molecule has 174 valence electrons. The van der Waals surface area contributed by atoms with Crippen molar-refractivity contribution in [3.8, 4) is 0 Å². The van der Waals surface area contributed by atoms with Crippen LogP contribution in [0.1, 0.15) is 18.7 Å². The van der Waals surface area contributed by atoms with E-state index < -0.39 is 10.0 Å². The van der Waals surface area contributed by atoms with E-state index in [0.29, 0.717) is 61.4 Å². The van der Waals surface area contributed by atoms with E-state index in [9.17, 15) is 18.0 Å². The molecule has 0 aliphatic carbocycles. The fourth-order valence-electron chi connectivity index (χ4n) is 3.80. The van der Waals surface area contributed by atoms with Gasteiger partial charge in [0.05, 0.1) is 15.8 Å². The van der Waals surface area contributed by atoms with E-state index in [0.717, 1.165) is 0 Å². The van der Waals surface area contributed by atoms with Crippen LogP contribution in [0, 0.1) is 0 Å². The molecular weight excluding hydrogens is 442 g/mol. The third kappa shape index (κ3) is 5.47. The fourth-order valence-corrected chi connectivity index (χ4v) is 5.27. The van der Waals surface area contributed by atoms with Gasteiger partial charge < -0.3 is 15.2 Å². The number of sulfonamides is 1. The zero-order valence-corrected chi connectivity index (χ0v) is 19.3. The fraction of sp³-hybridized carbons (Fsp3) is 0.348. The molecule has 1 saturated heterocycles. The second-order valence-electron chi connectivity index (χ2n) is 8.17. The van der Waals surface area contributed by atoms with Crippen molar-refractivity contribution in [2.75, 3.05) is 38.5 Å². The molecule has 1 fully saturated rings. The summed E-state index contributed by atoms with van der Waals surface area (Å²) in [6.45, 7) is 2.26. The third-order valence-corrected chi connectivity index (χ3v) is 7.59. The van der Waals surface area contributed by atoms with Crippen molar-refractivity contribution in [2.24, 2.45) is 0 Å². The highest BCUT2D eigenvalue weighted by Gasteiger charge is 2.27. The summed E-state index contributed by atoms with van der Waals surface area (Å²) in [5.74, 6) is 0.305. The third-order valence-electron chi connectivity index (χ3n) is 5.70. The quantitative estimate of drug-likeness (QED) is 0.545. The van der Waals surface area contributed by atoms with Crippen molar-refractivity contribution in [2.45, 2.75) is 24.2 Å². The number of hydrogen-bond acceptors (Lipinski definition) is 6. The molecule has 9 nitrogen and oxygen atoms in total. The molecule has 10 heteroatoms. The van der Waals surface area contributed by atoms with E-state index in [1.54, 1.807) is 36.4 Å². The molecule has 0 radical (unpaired) electrons. The maximum Gasteiger partial charge on any atom is 0.258 e. The Balaban J connectivity index is 1.35. The maximum atomic E-state index is 12.9. The van der Waals surface area contributed by atoms with Gasteiger partial charge in [-0.25, -0.2) is 13.4 Å². The SMILES string of the molecule is CN1CCN(S(=O)(=O)c2cccc(NC(=O)CCCc3nc4ccccc4c(=O)[nH]3)c2)CC1. The number of fused-ring (bicyclic) bond motifs is 1. The number of carbonyl (C=O) groups excluding carboxylic acids is 1. The highest BCUT2D eigenvalue weighted by molar-refractivity contribution is 7.89. The van der Waals surface area contributed by atoms with Crippen molar-refractivity contribution in [3.63, 3.8) is 0 Å². The lowest BCUT2D eigenvalue weighted by molar-refractivity contribution is -0.116. The van der Waals surface area contributed by atoms with Gasteiger partial charge in [0.2, 0.25) is 15.9 Å². The van der Waals surface area contributed by atoms with Crippen LogP contribution in [0.3, 0.4) is 0 Å². The number of amides is 1. The van der Waals surface area contributed by atoms with Gasteiger partial charge in [-0.15, -0.1) is 0 Å². The van der Waals surface area contributed by atoms with Crippen LogP contribution in [0.2, 0.25) is 0 Å². The minimum absolute atomic E-state index is 0.169. The van der Waals surface area contributed by atoms with Gasteiger partial charge in [0.25, 0.3) is 5.56 Å². The Morgan fingerprint density at radius 1 is 1.09 bits per heavy atom. The Bertz CT molecular complexity index is 1310. The normalized spacial score (nSPS) is 15.5. The Kier molecular flexibility index (Phi) is 6.87. The predicted octanol–water partition coefficient (Wildman–Crippen LogP) is 1.82. The van der Waals surface area contributed by atoms with Crippen LogP contribution in [-0.2, 0) is 21.2 Å². The number of aryl methyl sites for hydroxylation is 1. The first kappa shape index (κ1) is 23.1. The summed E-state index contributed by atoms with van der Waals surface area (Å²) >= 11 is 0. The first-order valence-corrected chi connectivity index (χ1v) is 12.3. The predicted molar refractivity (Wildman–Crippen MR) is 127 cm³/mol. The van der Waals surface area contributed by atoms with Gasteiger partial charge >= 0.3 is 0 Å². The van der Waals surface area contributed by atoms with Crippen molar-refractivity contribution in [1.29, 1.82) is 0 Å². The topological polar surface area (TPSA) is 115 Å². The van der Waals surface area contributed by atoms with Crippen LogP contribution in [-0.4, -0.2) is 66.7 Å². The van der Waals surface area contributed by atoms with Gasteiger partial charge in [-0.1, -0.05) is 18.2 Å². The molecule has 4 rings (SSSR count). The number of likely N-dealkylation sites (N-methyl/N-ethyl adjacent to an activating group) is 1. The van der Waals surface area contributed by atoms with Crippen LogP contribution in [0.5, 0.6) is 0 Å². The molecule has 0 spiro atoms. The lowest BCUT2D eigenvalue weighted by Crippen LogP contribution is -2.47. The van der Waals surface area contributed by atoms with Crippen LogP contribution < -0.4 is 10.9 Å². The first-order valence-electron chi connectivity index (χ1n) is 10.9. The summed E-state index contributed by atoms with van der Waals surface area (Å²) in [5.41, 5.74) is 0.866. The van der Waals surface area contributed by atoms with E-state index >= 15 is 0 Å². The van der Waals surface area contributed by atoms with E-state index in [1.807, 2.05) is 13.1 Å². The number of nitrogens with zero attached hydrogens (tertiary/aromatic N) is 3. The van der Waals surface area contributed by atoms with Crippen LogP contribution in [0.25, 0.3) is 10.9 Å². The number of aromatic amines is 1. The highest BCUT2D eigenvalue weighted by Crippen LogP contribution is 2.21. The molecule has 1 aliphatic rings. The number of para-hydroxylation sites is 1. The van der Waals surface area contributed by atoms with E-state index in [1.165, 1.54) is 10.4 Å². The molecule has 0 saturated carbocycles. The molecular formula is C23H27N5O4S. The number of anilines is 1. The molecule has 2 aromatic carbocycles. The smallest absolute Gasteiger partial charge is 0.258 e. The molecule has 0 bridgehead atoms. The number of rotatable bonds is 7. The molecule has 0 atom stereocenters. The van der Waals surface area contributed by atoms with Gasteiger partial charge in [-0.2, -0.15) is 4.31 Å². The number of piperazine rings is 1. The zero-order valence-electron chi connectivity index (χ0n) is 18.5. The summed E-state index contributed by atoms with van der Waals surface area (Å²) in [7, 11) is -1.64. The monoisotopic (exact) mass is 469 g/mol. The average Bonchev–Trinajstić information content (AvgIpc) is 2.79. The van der Waals surface area contributed by atoms with Crippen LogP contribution in [0.15, 0.2) is 58.2 Å². The van der Waals surface area contributed by atoms with Gasteiger partial charge in [0.15, 0.2) is 0 Å². The summed E-state index contributed by atoms with van der Waals surface area (Å²) in [6, 6.07) is 13.4. The van der Waals surface area contributed by atoms with E-state index in [-0.39, 0.29) is 22.8 Å². The van der Waals surface area contributed by atoms with Crippen molar-refractivity contribution >= 4 is 32.5 Å². The lowest BCUT2D eigenvalue weighted by Gasteiger charge is -2.31. The Morgan fingerprint density at radius 3 is 2.64 bits per heavy atom. The molecule has 2 heterocycles. The molecule has 1 amide bonds. The number of carbonyl (C=O) groups is 1. The first-order chi connectivity index (χ1) is 15.8. The van der Waals surface area contributed by atoms with Gasteiger partial charge in [-0.05, 0) is 43.8 Å². The van der Waals surface area contributed by atoms with Crippen LogP contribution >= 0.6 is 0 Å². The Morgan fingerprint density at radius 2 is 1.85 bits per heavy atom. The second kappa shape index (κ2) is 9.82. The molecule has 3 aromatic rings. The average molecular weight is 470 g/mol. The number of benzene rings is 2. The Labute approximate surface area is 192 Å². The maximum absolute atomic E-state index is 12.9. The van der Waals surface area contributed by atoms with Crippen molar-refractivity contribution < 1.29 is 13.2 Å². The van der Waals surface area contributed by atoms with Gasteiger partial charge in [0.1, 0.15) is 5.82 Å². The van der Waals surface area contributed by atoms with Gasteiger partial charge in [-0.3, -0.25) is 9.59 Å². The van der Waals surface area contributed by atoms with Crippen LogP contribution in [0.4, 0.5) is 5.69 Å². The van der Waals surface area contributed by atoms with E-state index in [4.69, 9.17) is 0 Å². The number of nitrogens with one attached hydrogen (secondary N) is 2. The second-order valence-corrected chi connectivity index (χ2v) is 10.1. The molecule has 1 aliphatic heterocycles. The number of H-pyrrole nitrogens is 1. The largest absolute Gasteiger partial charge is 0.326 e. The summed E-state index contributed by atoms with van der Waals surface area (Å²) in [5, 5.41) is 3.30. The minimum Gasteiger partial charge on any atom is -0.326 e. The standard InChI is InChI=1S/C23H27N5O4S/c1-27-12-14-28(15-13-27)33(31,32)18-7-4-6-17(16-18)24-22(29)11-5-10-21-25-20-9-3-2-8-19(20)23(30)26-21/h2-4,6-9,16H,5,10-15H2,1H3,(H,24,29)(H,25,26,30). The highest BCUT2D eigenvalue weighted by atomic mass is 32.2. The Hall–Kier alpha value is -3.08. The van der Waals surface area contributed by atoms with Crippen molar-refractivity contribution in [3.05, 3.63) is 64.7 Å². The minimum atomic E-state index is -3.61.